The van der Waals surface area contributed by atoms with Crippen LogP contribution in [0.4, 0.5) is 0 Å². The van der Waals surface area contributed by atoms with Gasteiger partial charge in [-0.05, 0) is 18.2 Å². The molecule has 1 amide bonds. The zero-order chi connectivity index (χ0) is 13.9. The molecule has 0 fully saturated rings. The summed E-state index contributed by atoms with van der Waals surface area (Å²) in [4.78, 5) is 14.6. The molecule has 0 bridgehead atoms. The SMILES string of the molecule is O=C(NC[C@@H]1COc2ccccc2O1)c1cc(Cl)c[nH]1. The highest BCUT2D eigenvalue weighted by molar-refractivity contribution is 6.30. The number of H-pyrrole nitrogens is 1. The molecule has 1 aromatic heterocycles. The Morgan fingerprint density at radius 1 is 1.40 bits per heavy atom. The van der Waals surface area contributed by atoms with E-state index >= 15 is 0 Å². The van der Waals surface area contributed by atoms with Crippen LogP contribution in [0.1, 0.15) is 10.5 Å². The molecule has 1 atom stereocenters. The Balaban J connectivity index is 1.56. The molecular formula is C14H13ClN2O3. The molecule has 1 aliphatic rings. The molecule has 104 valence electrons. The Morgan fingerprint density at radius 2 is 2.20 bits per heavy atom. The lowest BCUT2D eigenvalue weighted by atomic mass is 10.2. The molecule has 1 aliphatic heterocycles. The van der Waals surface area contributed by atoms with Crippen LogP contribution in [0.2, 0.25) is 5.02 Å². The molecule has 2 aromatic rings. The van der Waals surface area contributed by atoms with Gasteiger partial charge in [0, 0.05) is 6.20 Å². The minimum atomic E-state index is -0.223. The Bertz CT molecular complexity index is 626. The molecule has 0 saturated heterocycles. The van der Waals surface area contributed by atoms with Crippen LogP contribution in [0.5, 0.6) is 11.5 Å². The van der Waals surface area contributed by atoms with Gasteiger partial charge in [-0.1, -0.05) is 23.7 Å². The molecule has 6 heteroatoms. The van der Waals surface area contributed by atoms with Crippen LogP contribution < -0.4 is 14.8 Å². The fraction of sp³-hybridized carbons (Fsp3) is 0.214. The third kappa shape index (κ3) is 2.72. The quantitative estimate of drug-likeness (QED) is 0.912. The summed E-state index contributed by atoms with van der Waals surface area (Å²) in [5.74, 6) is 1.20. The second-order valence-corrected chi connectivity index (χ2v) is 4.88. The summed E-state index contributed by atoms with van der Waals surface area (Å²) in [6.07, 6.45) is 1.35. The normalized spacial score (nSPS) is 16.8. The molecule has 0 saturated carbocycles. The minimum absolute atomic E-state index is 0.209. The Morgan fingerprint density at radius 3 is 2.95 bits per heavy atom. The van der Waals surface area contributed by atoms with Gasteiger partial charge in [-0.15, -0.1) is 0 Å². The number of halogens is 1. The lowest BCUT2D eigenvalue weighted by Crippen LogP contribution is -2.40. The van der Waals surface area contributed by atoms with Gasteiger partial charge in [0.25, 0.3) is 5.91 Å². The maximum absolute atomic E-state index is 11.8. The van der Waals surface area contributed by atoms with Crippen molar-refractivity contribution in [2.75, 3.05) is 13.2 Å². The summed E-state index contributed by atoms with van der Waals surface area (Å²) in [6, 6.07) is 9.03. The van der Waals surface area contributed by atoms with E-state index in [0.29, 0.717) is 29.6 Å². The first-order valence-corrected chi connectivity index (χ1v) is 6.61. The first kappa shape index (κ1) is 12.9. The van der Waals surface area contributed by atoms with Gasteiger partial charge in [-0.25, -0.2) is 0 Å². The third-order valence-electron chi connectivity index (χ3n) is 2.95. The molecule has 0 radical (unpaired) electrons. The van der Waals surface area contributed by atoms with E-state index in [9.17, 15) is 4.79 Å². The van der Waals surface area contributed by atoms with Crippen LogP contribution in [0.15, 0.2) is 36.5 Å². The molecule has 2 N–H and O–H groups in total. The summed E-state index contributed by atoms with van der Waals surface area (Å²) >= 11 is 5.75. The van der Waals surface area contributed by atoms with Gasteiger partial charge in [0.2, 0.25) is 0 Å². The average molecular weight is 293 g/mol. The second kappa shape index (κ2) is 5.46. The number of rotatable bonds is 3. The van der Waals surface area contributed by atoms with Gasteiger partial charge < -0.3 is 19.8 Å². The Hall–Kier alpha value is -2.14. The monoisotopic (exact) mass is 292 g/mol. The highest BCUT2D eigenvalue weighted by Crippen LogP contribution is 2.30. The van der Waals surface area contributed by atoms with Gasteiger partial charge in [-0.3, -0.25) is 4.79 Å². The molecule has 0 spiro atoms. The van der Waals surface area contributed by atoms with Crippen LogP contribution >= 0.6 is 11.6 Å². The van der Waals surface area contributed by atoms with Crippen molar-refractivity contribution in [3.05, 3.63) is 47.2 Å². The zero-order valence-electron chi connectivity index (χ0n) is 10.6. The lowest BCUT2D eigenvalue weighted by molar-refractivity contribution is 0.0787. The summed E-state index contributed by atoms with van der Waals surface area (Å²) in [7, 11) is 0. The van der Waals surface area contributed by atoms with Crippen molar-refractivity contribution in [1.29, 1.82) is 0 Å². The summed E-state index contributed by atoms with van der Waals surface area (Å²) < 4.78 is 11.3. The first-order chi connectivity index (χ1) is 9.72. The zero-order valence-corrected chi connectivity index (χ0v) is 11.3. The molecule has 0 unspecified atom stereocenters. The van der Waals surface area contributed by atoms with E-state index in [1.165, 1.54) is 0 Å². The number of hydrogen-bond acceptors (Lipinski definition) is 3. The van der Waals surface area contributed by atoms with E-state index in [1.807, 2.05) is 24.3 Å². The number of nitrogens with one attached hydrogen (secondary N) is 2. The number of benzene rings is 1. The van der Waals surface area contributed by atoms with E-state index in [-0.39, 0.29) is 12.0 Å². The largest absolute Gasteiger partial charge is 0.486 e. The fourth-order valence-electron chi connectivity index (χ4n) is 1.96. The molecule has 20 heavy (non-hydrogen) atoms. The summed E-state index contributed by atoms with van der Waals surface area (Å²) in [6.45, 7) is 0.770. The van der Waals surface area contributed by atoms with Crippen LogP contribution in [-0.2, 0) is 0 Å². The molecule has 0 aliphatic carbocycles. The van der Waals surface area contributed by atoms with Crippen molar-refractivity contribution < 1.29 is 14.3 Å². The van der Waals surface area contributed by atoms with Crippen molar-refractivity contribution in [3.63, 3.8) is 0 Å². The van der Waals surface area contributed by atoms with Crippen molar-refractivity contribution in [3.8, 4) is 11.5 Å². The standard InChI is InChI=1S/C14H13ClN2O3/c15-9-5-11(16-6-9)14(18)17-7-10-8-19-12-3-1-2-4-13(12)20-10/h1-6,10,16H,7-8H2,(H,17,18)/t10-/m1/s1. The number of carbonyl (C=O) groups excluding carboxylic acids is 1. The predicted octanol–water partition coefficient (Wildman–Crippen LogP) is 2.24. The van der Waals surface area contributed by atoms with Crippen LogP contribution in [0, 0.1) is 0 Å². The molecule has 3 rings (SSSR count). The Labute approximate surface area is 120 Å². The number of fused-ring (bicyclic) bond motifs is 1. The highest BCUT2D eigenvalue weighted by Gasteiger charge is 2.21. The Kier molecular flexibility index (Phi) is 3.52. The minimum Gasteiger partial charge on any atom is -0.486 e. The van der Waals surface area contributed by atoms with E-state index in [1.54, 1.807) is 12.3 Å². The molecular weight excluding hydrogens is 280 g/mol. The number of aromatic nitrogens is 1. The summed E-state index contributed by atoms with van der Waals surface area (Å²) in [5, 5.41) is 3.28. The average Bonchev–Trinajstić information content (AvgIpc) is 2.91. The number of aromatic amines is 1. The smallest absolute Gasteiger partial charge is 0.267 e. The van der Waals surface area contributed by atoms with Crippen molar-refractivity contribution >= 4 is 17.5 Å². The maximum Gasteiger partial charge on any atom is 0.267 e. The third-order valence-corrected chi connectivity index (χ3v) is 3.17. The van der Waals surface area contributed by atoms with Crippen molar-refractivity contribution in [1.82, 2.24) is 10.3 Å². The van der Waals surface area contributed by atoms with Gasteiger partial charge >= 0.3 is 0 Å². The van der Waals surface area contributed by atoms with E-state index in [2.05, 4.69) is 10.3 Å². The van der Waals surface area contributed by atoms with Gasteiger partial charge in [0.15, 0.2) is 11.5 Å². The number of hydrogen-bond donors (Lipinski definition) is 2. The number of amides is 1. The topological polar surface area (TPSA) is 63.4 Å². The molecule has 1 aromatic carbocycles. The van der Waals surface area contributed by atoms with E-state index in [0.717, 1.165) is 5.75 Å². The van der Waals surface area contributed by atoms with Crippen molar-refractivity contribution in [2.45, 2.75) is 6.10 Å². The van der Waals surface area contributed by atoms with E-state index in [4.69, 9.17) is 21.1 Å². The number of carbonyl (C=O) groups is 1. The number of ether oxygens (including phenoxy) is 2. The van der Waals surface area contributed by atoms with Crippen LogP contribution in [0.3, 0.4) is 0 Å². The maximum atomic E-state index is 11.8. The summed E-state index contributed by atoms with van der Waals surface area (Å²) in [5.41, 5.74) is 0.423. The first-order valence-electron chi connectivity index (χ1n) is 6.23. The molecule has 5 nitrogen and oxygen atoms in total. The second-order valence-electron chi connectivity index (χ2n) is 4.44. The number of para-hydroxylation sites is 2. The van der Waals surface area contributed by atoms with Gasteiger partial charge in [0.1, 0.15) is 18.4 Å². The van der Waals surface area contributed by atoms with Gasteiger partial charge in [0.05, 0.1) is 11.6 Å². The van der Waals surface area contributed by atoms with Crippen molar-refractivity contribution in [2.24, 2.45) is 0 Å². The molecule has 2 heterocycles. The van der Waals surface area contributed by atoms with Crippen LogP contribution in [-0.4, -0.2) is 30.1 Å². The van der Waals surface area contributed by atoms with E-state index < -0.39 is 0 Å². The van der Waals surface area contributed by atoms with Gasteiger partial charge in [-0.2, -0.15) is 0 Å². The highest BCUT2D eigenvalue weighted by atomic mass is 35.5. The fourth-order valence-corrected chi connectivity index (χ4v) is 2.13. The lowest BCUT2D eigenvalue weighted by Gasteiger charge is -2.26. The predicted molar refractivity (Wildman–Crippen MR) is 74.5 cm³/mol. The van der Waals surface area contributed by atoms with Crippen LogP contribution in [0.25, 0.3) is 0 Å².